The highest BCUT2D eigenvalue weighted by Gasteiger charge is 2.28. The van der Waals surface area contributed by atoms with Crippen LogP contribution in [-0.4, -0.2) is 61.6 Å². The minimum atomic E-state index is -0.477. The number of benzene rings is 2. The Morgan fingerprint density at radius 3 is 2.42 bits per heavy atom. The van der Waals surface area contributed by atoms with Gasteiger partial charge < -0.3 is 30.7 Å². The zero-order chi connectivity index (χ0) is 28.6. The molecule has 2 saturated heterocycles. The lowest BCUT2D eigenvalue weighted by Gasteiger charge is -2.33. The van der Waals surface area contributed by atoms with Gasteiger partial charge in [0.1, 0.15) is 29.5 Å². The number of likely N-dealkylation sites (tertiary alicyclic amines) is 1. The van der Waals surface area contributed by atoms with E-state index in [0.717, 1.165) is 38.1 Å². The maximum atomic E-state index is 14.2. The first kappa shape index (κ1) is 34.9. The van der Waals surface area contributed by atoms with Crippen molar-refractivity contribution >= 4 is 42.3 Å². The molecule has 2 aromatic carbocycles. The number of nitrogens with zero attached hydrogens (tertiary/aromatic N) is 1. The molecule has 0 bridgehead atoms. The maximum absolute atomic E-state index is 14.2. The van der Waals surface area contributed by atoms with Gasteiger partial charge in [-0.05, 0) is 74.5 Å². The van der Waals surface area contributed by atoms with E-state index in [-0.39, 0.29) is 55.3 Å². The molecule has 3 fully saturated rings. The van der Waals surface area contributed by atoms with Crippen LogP contribution in [0, 0.1) is 5.82 Å². The van der Waals surface area contributed by atoms with E-state index in [0.29, 0.717) is 61.8 Å². The van der Waals surface area contributed by atoms with Crippen molar-refractivity contribution in [3.05, 3.63) is 53.3 Å². The summed E-state index contributed by atoms with van der Waals surface area (Å²) in [7, 11) is 0. The van der Waals surface area contributed by atoms with Crippen LogP contribution in [0.5, 0.6) is 11.5 Å². The summed E-state index contributed by atoms with van der Waals surface area (Å²) in [5, 5.41) is 6.08. The molecule has 2 amide bonds. The molecule has 238 valence electrons. The number of halogens is 3. The smallest absolute Gasteiger partial charge is 0.253 e. The van der Waals surface area contributed by atoms with E-state index < -0.39 is 5.82 Å². The molecular formula is C32H45Cl2FN4O4. The average molecular weight is 640 g/mol. The van der Waals surface area contributed by atoms with Crippen molar-refractivity contribution < 1.29 is 23.5 Å². The van der Waals surface area contributed by atoms with E-state index in [1.165, 1.54) is 37.0 Å². The van der Waals surface area contributed by atoms with Crippen molar-refractivity contribution in [3.63, 3.8) is 0 Å². The molecule has 2 heterocycles. The number of piperidine rings is 1. The molecule has 8 nitrogen and oxygen atoms in total. The number of ether oxygens (including phenoxy) is 2. The first-order valence-corrected chi connectivity index (χ1v) is 15.3. The fourth-order valence-corrected chi connectivity index (χ4v) is 6.17. The largest absolute Gasteiger partial charge is 0.490 e. The molecule has 2 aromatic rings. The minimum absolute atomic E-state index is 0. The summed E-state index contributed by atoms with van der Waals surface area (Å²) < 4.78 is 26.7. The van der Waals surface area contributed by atoms with Gasteiger partial charge in [0.25, 0.3) is 5.91 Å². The topological polar surface area (TPSA) is 106 Å². The Morgan fingerprint density at radius 1 is 0.953 bits per heavy atom. The zero-order valence-electron chi connectivity index (χ0n) is 24.7. The van der Waals surface area contributed by atoms with Crippen molar-refractivity contribution in [1.29, 1.82) is 0 Å². The first-order valence-electron chi connectivity index (χ1n) is 15.3. The Kier molecular flexibility index (Phi) is 13.8. The van der Waals surface area contributed by atoms with Crippen LogP contribution >= 0.6 is 24.8 Å². The second-order valence-corrected chi connectivity index (χ2v) is 11.5. The van der Waals surface area contributed by atoms with Crippen molar-refractivity contribution in [2.75, 3.05) is 38.0 Å². The number of carbonyl (C=O) groups is 2. The summed E-state index contributed by atoms with van der Waals surface area (Å²) in [5.41, 5.74) is 7.71. The van der Waals surface area contributed by atoms with Gasteiger partial charge in [-0.2, -0.15) is 0 Å². The van der Waals surface area contributed by atoms with E-state index in [9.17, 15) is 14.0 Å². The SMILES string of the molecule is Cl.Cl.NCCCC(=O)Nc1cc(F)cc(OC2CCN(C(=O)c3ccc(OC4CCNC4)c(C4CCCCC4)c3)CC2)c1. The predicted octanol–water partition coefficient (Wildman–Crippen LogP) is 5.82. The highest BCUT2D eigenvalue weighted by molar-refractivity contribution is 5.95. The summed E-state index contributed by atoms with van der Waals surface area (Å²) in [4.78, 5) is 27.5. The molecule has 1 aliphatic carbocycles. The van der Waals surface area contributed by atoms with Gasteiger partial charge in [-0.1, -0.05) is 19.3 Å². The lowest BCUT2D eigenvalue weighted by Crippen LogP contribution is -2.41. The number of amides is 2. The van der Waals surface area contributed by atoms with Crippen molar-refractivity contribution in [2.45, 2.75) is 82.3 Å². The molecule has 0 spiro atoms. The third kappa shape index (κ3) is 9.70. The molecule has 4 N–H and O–H groups in total. The molecule has 0 aromatic heterocycles. The van der Waals surface area contributed by atoms with Gasteiger partial charge in [0.2, 0.25) is 5.91 Å². The van der Waals surface area contributed by atoms with Gasteiger partial charge in [-0.3, -0.25) is 9.59 Å². The second kappa shape index (κ2) is 17.0. The molecule has 2 aliphatic heterocycles. The molecule has 5 rings (SSSR count). The third-order valence-electron chi connectivity index (χ3n) is 8.41. The number of nitrogens with one attached hydrogen (secondary N) is 2. The van der Waals surface area contributed by atoms with Gasteiger partial charge >= 0.3 is 0 Å². The molecule has 1 saturated carbocycles. The van der Waals surface area contributed by atoms with Crippen molar-refractivity contribution in [1.82, 2.24) is 10.2 Å². The number of carbonyl (C=O) groups excluding carboxylic acids is 2. The normalized spacial score (nSPS) is 19.2. The molecule has 11 heteroatoms. The van der Waals surface area contributed by atoms with Crippen LogP contribution in [0.2, 0.25) is 0 Å². The number of hydrogen-bond acceptors (Lipinski definition) is 6. The summed E-state index contributed by atoms with van der Waals surface area (Å²) in [6, 6.07) is 10.2. The van der Waals surface area contributed by atoms with E-state index in [2.05, 4.69) is 16.7 Å². The molecule has 43 heavy (non-hydrogen) atoms. The third-order valence-corrected chi connectivity index (χ3v) is 8.41. The highest BCUT2D eigenvalue weighted by atomic mass is 35.5. The van der Waals surface area contributed by atoms with Crippen LogP contribution < -0.4 is 25.8 Å². The number of hydrogen-bond donors (Lipinski definition) is 3. The Labute approximate surface area is 266 Å². The average Bonchev–Trinajstić information content (AvgIpc) is 3.50. The highest BCUT2D eigenvalue weighted by Crippen LogP contribution is 2.39. The number of anilines is 1. The van der Waals surface area contributed by atoms with Crippen molar-refractivity contribution in [3.8, 4) is 11.5 Å². The minimum Gasteiger partial charge on any atom is -0.490 e. The summed E-state index contributed by atoms with van der Waals surface area (Å²) >= 11 is 0. The molecule has 1 unspecified atom stereocenters. The van der Waals surface area contributed by atoms with Crippen LogP contribution in [0.4, 0.5) is 10.1 Å². The van der Waals surface area contributed by atoms with Gasteiger partial charge in [0.05, 0.1) is 0 Å². The maximum Gasteiger partial charge on any atom is 0.253 e. The molecular weight excluding hydrogens is 594 g/mol. The molecule has 0 radical (unpaired) electrons. The zero-order valence-corrected chi connectivity index (χ0v) is 26.3. The summed E-state index contributed by atoms with van der Waals surface area (Å²) in [6.45, 7) is 3.39. The number of nitrogens with two attached hydrogens (primary N) is 1. The second-order valence-electron chi connectivity index (χ2n) is 11.5. The Hall–Kier alpha value is -2.59. The molecule has 1 atom stereocenters. The van der Waals surface area contributed by atoms with Crippen LogP contribution in [0.15, 0.2) is 36.4 Å². The monoisotopic (exact) mass is 638 g/mol. The van der Waals surface area contributed by atoms with Crippen LogP contribution in [0.3, 0.4) is 0 Å². The van der Waals surface area contributed by atoms with Crippen molar-refractivity contribution in [2.24, 2.45) is 5.73 Å². The van der Waals surface area contributed by atoms with Crippen LogP contribution in [0.1, 0.15) is 86.0 Å². The lowest BCUT2D eigenvalue weighted by atomic mass is 9.83. The Bertz CT molecular complexity index is 1200. The lowest BCUT2D eigenvalue weighted by molar-refractivity contribution is -0.116. The summed E-state index contributed by atoms with van der Waals surface area (Å²) in [5.74, 6) is 1.08. The fourth-order valence-electron chi connectivity index (χ4n) is 6.17. The fraction of sp³-hybridized carbons (Fsp3) is 0.562. The van der Waals surface area contributed by atoms with Crippen LogP contribution in [-0.2, 0) is 4.79 Å². The van der Waals surface area contributed by atoms with E-state index in [1.807, 2.05) is 17.0 Å². The van der Waals surface area contributed by atoms with Gasteiger partial charge in [0, 0.05) is 62.3 Å². The van der Waals surface area contributed by atoms with E-state index in [4.69, 9.17) is 15.2 Å². The van der Waals surface area contributed by atoms with E-state index >= 15 is 0 Å². The predicted molar refractivity (Wildman–Crippen MR) is 172 cm³/mol. The first-order chi connectivity index (χ1) is 20.0. The van der Waals surface area contributed by atoms with Gasteiger partial charge in [-0.15, -0.1) is 24.8 Å². The van der Waals surface area contributed by atoms with Crippen LogP contribution in [0.25, 0.3) is 0 Å². The van der Waals surface area contributed by atoms with Gasteiger partial charge in [0.15, 0.2) is 0 Å². The van der Waals surface area contributed by atoms with E-state index in [1.54, 1.807) is 6.07 Å². The summed E-state index contributed by atoms with van der Waals surface area (Å²) in [6.07, 6.45) is 9.16. The van der Waals surface area contributed by atoms with Gasteiger partial charge in [-0.25, -0.2) is 4.39 Å². The molecule has 3 aliphatic rings. The Balaban J connectivity index is 0.00000253. The Morgan fingerprint density at radius 2 is 1.72 bits per heavy atom. The number of rotatable bonds is 10. The standard InChI is InChI=1S/C32H43FN4O4.2ClH/c33-24-18-25(36-31(38)7-4-13-34)20-28(19-24)40-26-11-15-37(16-12-26)32(39)23-8-9-30(41-27-10-14-35-21-27)29(17-23)22-5-2-1-3-6-22;;/h8-9,17-20,22,26-27,35H,1-7,10-16,21,34H2,(H,36,38);2*1H. The quantitative estimate of drug-likeness (QED) is 0.303.